The molecule has 1 radical (unpaired) electrons. The summed E-state index contributed by atoms with van der Waals surface area (Å²) in [6.45, 7) is 2.03. The summed E-state index contributed by atoms with van der Waals surface area (Å²) in [7, 11) is -0.922. The van der Waals surface area contributed by atoms with Crippen molar-refractivity contribution in [2.45, 2.75) is 6.55 Å². The first-order valence-electron chi connectivity index (χ1n) is 3.82. The van der Waals surface area contributed by atoms with Crippen molar-refractivity contribution in [3.63, 3.8) is 0 Å². The zero-order valence-corrected chi connectivity index (χ0v) is 9.62. The number of benzene rings is 1. The molecule has 1 aromatic carbocycles. The number of fused-ring (bicyclic) bond motifs is 1. The van der Waals surface area contributed by atoms with Gasteiger partial charge in [-0.25, -0.2) is 4.98 Å². The molecule has 2 aromatic rings. The normalized spacial score (nSPS) is 11.4. The molecule has 0 aliphatic carbocycles. The van der Waals surface area contributed by atoms with Crippen molar-refractivity contribution in [1.82, 2.24) is 4.98 Å². The molecule has 13 heavy (non-hydrogen) atoms. The number of hydrogen-bond acceptors (Lipinski definition) is 3. The summed E-state index contributed by atoms with van der Waals surface area (Å²) in [5, 5.41) is 6.56. The summed E-state index contributed by atoms with van der Waals surface area (Å²) < 4.78 is 2.22. The van der Waals surface area contributed by atoms with Crippen molar-refractivity contribution in [3.05, 3.63) is 23.2 Å². The van der Waals surface area contributed by atoms with Crippen LogP contribution in [0.25, 0.3) is 10.2 Å². The predicted molar refractivity (Wildman–Crippen MR) is 60.1 cm³/mol. The van der Waals surface area contributed by atoms with E-state index in [1.807, 2.05) is 24.7 Å². The molecule has 0 aliphatic heterocycles. The first-order chi connectivity index (χ1) is 6.16. The molecular weight excluding hydrogens is 220 g/mol. The largest absolute Gasteiger partial charge is 0.346 e. The maximum atomic E-state index is 5.85. The summed E-state index contributed by atoms with van der Waals surface area (Å²) in [5.74, 6) is 0. The molecule has 0 saturated heterocycles. The highest BCUT2D eigenvalue weighted by atomic mass is 35.5. The number of nitrogens with two attached hydrogens (primary N) is 1. The van der Waals surface area contributed by atoms with E-state index in [-0.39, 0.29) is 0 Å². The van der Waals surface area contributed by atoms with Crippen molar-refractivity contribution in [2.75, 3.05) is 0 Å². The molecule has 5 heteroatoms. The SMILES string of the molecule is C[Si](N)c1nc2cc(Cl)ccc2s1. The molecule has 0 saturated carbocycles. The van der Waals surface area contributed by atoms with Crippen LogP contribution in [0, 0.1) is 0 Å². The zero-order valence-electron chi connectivity index (χ0n) is 7.04. The minimum atomic E-state index is -0.922. The van der Waals surface area contributed by atoms with E-state index in [1.165, 1.54) is 0 Å². The zero-order chi connectivity index (χ0) is 9.42. The Morgan fingerprint density at radius 1 is 1.54 bits per heavy atom. The lowest BCUT2D eigenvalue weighted by atomic mass is 10.3. The van der Waals surface area contributed by atoms with Gasteiger partial charge in [0.15, 0.2) is 0 Å². The Hall–Kier alpha value is -0.423. The van der Waals surface area contributed by atoms with E-state index in [1.54, 1.807) is 11.3 Å². The second-order valence-corrected chi connectivity index (χ2v) is 6.48. The van der Waals surface area contributed by atoms with E-state index in [0.29, 0.717) is 0 Å². The Labute approximate surface area is 87.0 Å². The number of aromatic nitrogens is 1. The predicted octanol–water partition coefficient (Wildman–Crippen LogP) is 1.74. The molecule has 2 nitrogen and oxygen atoms in total. The maximum Gasteiger partial charge on any atom is 0.201 e. The standard InChI is InChI=1S/C8H8ClN2SSi/c1-13(10)8-11-6-4-5(9)2-3-7(6)12-8/h2-4H,10H2,1H3. The van der Waals surface area contributed by atoms with E-state index < -0.39 is 8.96 Å². The van der Waals surface area contributed by atoms with Gasteiger partial charge >= 0.3 is 0 Å². The van der Waals surface area contributed by atoms with Gasteiger partial charge in [-0.3, -0.25) is 0 Å². The lowest BCUT2D eigenvalue weighted by Gasteiger charge is -1.91. The van der Waals surface area contributed by atoms with Crippen LogP contribution in [0.4, 0.5) is 0 Å². The van der Waals surface area contributed by atoms with Crippen LogP contribution >= 0.6 is 22.9 Å². The Balaban J connectivity index is 2.62. The van der Waals surface area contributed by atoms with Crippen LogP contribution in [0.3, 0.4) is 0 Å². The van der Waals surface area contributed by atoms with E-state index in [4.69, 9.17) is 17.0 Å². The minimum absolute atomic E-state index is 0.728. The van der Waals surface area contributed by atoms with Gasteiger partial charge in [-0.15, -0.1) is 11.3 Å². The number of nitrogens with zero attached hydrogens (tertiary/aromatic N) is 1. The van der Waals surface area contributed by atoms with Gasteiger partial charge < -0.3 is 5.40 Å². The third-order valence-electron chi connectivity index (χ3n) is 1.69. The van der Waals surface area contributed by atoms with Crippen LogP contribution in [0.15, 0.2) is 18.2 Å². The topological polar surface area (TPSA) is 38.9 Å². The average molecular weight is 228 g/mol. The first kappa shape index (κ1) is 9.14. The van der Waals surface area contributed by atoms with Gasteiger partial charge in [0, 0.05) is 5.02 Å². The molecule has 0 unspecified atom stereocenters. The third-order valence-corrected chi connectivity index (χ3v) is 4.83. The van der Waals surface area contributed by atoms with Gasteiger partial charge in [-0.05, 0) is 18.2 Å². The van der Waals surface area contributed by atoms with Crippen LogP contribution in [0.5, 0.6) is 0 Å². The summed E-state index contributed by atoms with van der Waals surface area (Å²) >= 11 is 7.51. The van der Waals surface area contributed by atoms with E-state index >= 15 is 0 Å². The molecule has 2 rings (SSSR count). The Morgan fingerprint density at radius 2 is 2.31 bits per heavy atom. The quantitative estimate of drug-likeness (QED) is 0.754. The van der Waals surface area contributed by atoms with Crippen LogP contribution in [-0.2, 0) is 0 Å². The number of thiazole rings is 1. The van der Waals surface area contributed by atoms with Gasteiger partial charge in [0.05, 0.1) is 14.8 Å². The molecule has 0 amide bonds. The lowest BCUT2D eigenvalue weighted by molar-refractivity contribution is 1.53. The smallest absolute Gasteiger partial charge is 0.201 e. The fourth-order valence-corrected chi connectivity index (χ4v) is 3.20. The molecule has 2 N–H and O–H groups in total. The summed E-state index contributed by atoms with van der Waals surface area (Å²) in [6.07, 6.45) is 0. The molecule has 0 spiro atoms. The first-order valence-corrected chi connectivity index (χ1v) is 7.09. The van der Waals surface area contributed by atoms with Crippen molar-refractivity contribution >= 4 is 46.7 Å². The van der Waals surface area contributed by atoms with Crippen molar-refractivity contribution < 1.29 is 0 Å². The summed E-state index contributed by atoms with van der Waals surface area (Å²) in [6, 6.07) is 5.75. The molecule has 0 bridgehead atoms. The molecular formula is C8H8ClN2SSi. The van der Waals surface area contributed by atoms with E-state index in [9.17, 15) is 0 Å². The highest BCUT2D eigenvalue weighted by Gasteiger charge is 2.09. The number of halogens is 1. The second-order valence-electron chi connectivity index (χ2n) is 2.81. The average Bonchev–Trinajstić information content (AvgIpc) is 2.46. The molecule has 0 atom stereocenters. The van der Waals surface area contributed by atoms with Gasteiger partial charge in [-0.1, -0.05) is 18.1 Å². The fraction of sp³-hybridized carbons (Fsp3) is 0.125. The molecule has 67 valence electrons. The van der Waals surface area contributed by atoms with Crippen molar-refractivity contribution in [1.29, 1.82) is 0 Å². The number of hydrogen-bond donors (Lipinski definition) is 1. The highest BCUT2D eigenvalue weighted by Crippen LogP contribution is 2.20. The van der Waals surface area contributed by atoms with Gasteiger partial charge in [0.1, 0.15) is 0 Å². The van der Waals surface area contributed by atoms with Crippen molar-refractivity contribution in [3.8, 4) is 0 Å². The van der Waals surface area contributed by atoms with Gasteiger partial charge in [0.2, 0.25) is 8.96 Å². The molecule has 1 heterocycles. The van der Waals surface area contributed by atoms with Crippen LogP contribution < -0.4 is 10.0 Å². The third kappa shape index (κ3) is 1.76. The fourth-order valence-electron chi connectivity index (χ4n) is 1.07. The highest BCUT2D eigenvalue weighted by molar-refractivity contribution is 7.28. The van der Waals surface area contributed by atoms with E-state index in [2.05, 4.69) is 4.98 Å². The molecule has 0 aliphatic rings. The Kier molecular flexibility index (Phi) is 2.38. The van der Waals surface area contributed by atoms with Crippen LogP contribution in [0.1, 0.15) is 0 Å². The Morgan fingerprint density at radius 3 is 3.00 bits per heavy atom. The minimum Gasteiger partial charge on any atom is -0.346 e. The van der Waals surface area contributed by atoms with Crippen LogP contribution in [0.2, 0.25) is 11.6 Å². The summed E-state index contributed by atoms with van der Waals surface area (Å²) in [4.78, 5) is 4.43. The monoisotopic (exact) mass is 227 g/mol. The van der Waals surface area contributed by atoms with E-state index in [0.717, 1.165) is 19.9 Å². The summed E-state index contributed by atoms with van der Waals surface area (Å²) in [5.41, 5.74) is 0.960. The maximum absolute atomic E-state index is 5.85. The molecule has 0 fully saturated rings. The lowest BCUT2D eigenvalue weighted by Crippen LogP contribution is -2.35. The van der Waals surface area contributed by atoms with Gasteiger partial charge in [0.25, 0.3) is 0 Å². The van der Waals surface area contributed by atoms with Crippen molar-refractivity contribution in [2.24, 2.45) is 5.40 Å². The number of rotatable bonds is 1. The molecule has 1 aromatic heterocycles. The van der Waals surface area contributed by atoms with Gasteiger partial charge in [-0.2, -0.15) is 0 Å². The van der Waals surface area contributed by atoms with Crippen LogP contribution in [-0.4, -0.2) is 13.9 Å². The Bertz CT molecular complexity index is 441. The second kappa shape index (κ2) is 3.38.